The summed E-state index contributed by atoms with van der Waals surface area (Å²) in [5, 5.41) is 4.05. The summed E-state index contributed by atoms with van der Waals surface area (Å²) in [4.78, 5) is 4.46. The lowest BCUT2D eigenvalue weighted by Gasteiger charge is -2.20. The minimum Gasteiger partial charge on any atom is -0.337 e. The molecule has 1 aromatic heterocycles. The third-order valence-electron chi connectivity index (χ3n) is 3.65. The van der Waals surface area contributed by atoms with Crippen molar-refractivity contribution in [1.82, 2.24) is 10.1 Å². The maximum absolute atomic E-state index is 6.20. The first-order valence-corrected chi connectivity index (χ1v) is 5.67. The molecule has 2 N–H and O–H groups in total. The first-order valence-electron chi connectivity index (χ1n) is 5.67. The summed E-state index contributed by atoms with van der Waals surface area (Å²) in [6.45, 7) is 6.26. The Morgan fingerprint density at radius 2 is 2.00 bits per heavy atom. The topological polar surface area (TPSA) is 64.9 Å². The number of rotatable bonds is 4. The first-order chi connectivity index (χ1) is 7.04. The minimum atomic E-state index is -0.448. The maximum atomic E-state index is 6.20. The molecule has 0 unspecified atom stereocenters. The van der Waals surface area contributed by atoms with Gasteiger partial charge in [-0.05, 0) is 25.7 Å². The van der Waals surface area contributed by atoms with Crippen LogP contribution >= 0.6 is 0 Å². The Kier molecular flexibility index (Phi) is 2.34. The zero-order valence-corrected chi connectivity index (χ0v) is 9.71. The SMILES string of the molecule is CCC(N)(CC)c1nc(C2(C)CC2)no1. The van der Waals surface area contributed by atoms with Gasteiger partial charge in [0.2, 0.25) is 5.89 Å². The molecule has 15 heavy (non-hydrogen) atoms. The van der Waals surface area contributed by atoms with E-state index in [0.717, 1.165) is 31.5 Å². The highest BCUT2D eigenvalue weighted by molar-refractivity contribution is 5.15. The summed E-state index contributed by atoms with van der Waals surface area (Å²) < 4.78 is 5.29. The predicted molar refractivity (Wildman–Crippen MR) is 57.3 cm³/mol. The van der Waals surface area contributed by atoms with Crippen LogP contribution in [0.4, 0.5) is 0 Å². The largest absolute Gasteiger partial charge is 0.337 e. The molecule has 0 spiro atoms. The van der Waals surface area contributed by atoms with Gasteiger partial charge in [0.1, 0.15) is 0 Å². The third kappa shape index (κ3) is 1.67. The van der Waals surface area contributed by atoms with Crippen molar-refractivity contribution in [2.45, 2.75) is 57.4 Å². The van der Waals surface area contributed by atoms with Crippen molar-refractivity contribution in [2.24, 2.45) is 5.73 Å². The lowest BCUT2D eigenvalue weighted by Crippen LogP contribution is -2.35. The fraction of sp³-hybridized carbons (Fsp3) is 0.818. The van der Waals surface area contributed by atoms with E-state index in [2.05, 4.69) is 17.1 Å². The van der Waals surface area contributed by atoms with Crippen molar-refractivity contribution in [3.8, 4) is 0 Å². The molecule has 0 aromatic carbocycles. The van der Waals surface area contributed by atoms with Gasteiger partial charge in [-0.3, -0.25) is 0 Å². The van der Waals surface area contributed by atoms with Gasteiger partial charge in [0.25, 0.3) is 0 Å². The molecule has 1 saturated carbocycles. The molecule has 1 fully saturated rings. The molecule has 0 amide bonds. The van der Waals surface area contributed by atoms with Gasteiger partial charge in [0, 0.05) is 5.41 Å². The van der Waals surface area contributed by atoms with Crippen LogP contribution in [0.5, 0.6) is 0 Å². The number of hydrogen-bond donors (Lipinski definition) is 1. The van der Waals surface area contributed by atoms with Crippen LogP contribution in [-0.2, 0) is 11.0 Å². The van der Waals surface area contributed by atoms with E-state index < -0.39 is 5.54 Å². The van der Waals surface area contributed by atoms with Crippen molar-refractivity contribution < 1.29 is 4.52 Å². The molecule has 1 heterocycles. The lowest BCUT2D eigenvalue weighted by atomic mass is 9.94. The van der Waals surface area contributed by atoms with E-state index in [1.54, 1.807) is 0 Å². The fourth-order valence-corrected chi connectivity index (χ4v) is 1.63. The Bertz CT molecular complexity index is 350. The first kappa shape index (κ1) is 10.6. The Labute approximate surface area is 90.2 Å². The van der Waals surface area contributed by atoms with Crippen LogP contribution in [0.1, 0.15) is 58.2 Å². The molecule has 0 bridgehead atoms. The fourth-order valence-electron chi connectivity index (χ4n) is 1.63. The van der Waals surface area contributed by atoms with Crippen molar-refractivity contribution in [3.63, 3.8) is 0 Å². The average Bonchev–Trinajstić information content (AvgIpc) is 2.83. The van der Waals surface area contributed by atoms with Gasteiger partial charge in [0.15, 0.2) is 5.82 Å². The van der Waals surface area contributed by atoms with E-state index in [1.807, 2.05) is 13.8 Å². The molecule has 84 valence electrons. The van der Waals surface area contributed by atoms with Gasteiger partial charge >= 0.3 is 0 Å². The standard InChI is InChI=1S/C11H19N3O/c1-4-11(12,5-2)9-13-8(14-15-9)10(3)6-7-10/h4-7,12H2,1-3H3. The van der Waals surface area contributed by atoms with Crippen LogP contribution < -0.4 is 5.73 Å². The highest BCUT2D eigenvalue weighted by Gasteiger charge is 2.44. The third-order valence-corrected chi connectivity index (χ3v) is 3.65. The van der Waals surface area contributed by atoms with E-state index >= 15 is 0 Å². The second kappa shape index (κ2) is 3.30. The number of nitrogens with zero attached hydrogens (tertiary/aromatic N) is 2. The van der Waals surface area contributed by atoms with E-state index in [1.165, 1.54) is 0 Å². The number of hydrogen-bond acceptors (Lipinski definition) is 4. The van der Waals surface area contributed by atoms with Gasteiger partial charge in [0.05, 0.1) is 5.54 Å². The highest BCUT2D eigenvalue weighted by atomic mass is 16.5. The van der Waals surface area contributed by atoms with Crippen molar-refractivity contribution in [2.75, 3.05) is 0 Å². The van der Waals surface area contributed by atoms with E-state index in [9.17, 15) is 0 Å². The normalized spacial score (nSPS) is 19.2. The molecule has 1 aliphatic rings. The van der Waals surface area contributed by atoms with Gasteiger partial charge in [-0.15, -0.1) is 0 Å². The van der Waals surface area contributed by atoms with Gasteiger partial charge in [-0.25, -0.2) is 0 Å². The summed E-state index contributed by atoms with van der Waals surface area (Å²) in [6, 6.07) is 0. The van der Waals surface area contributed by atoms with Gasteiger partial charge in [-0.1, -0.05) is 25.9 Å². The summed E-state index contributed by atoms with van der Waals surface area (Å²) in [5.74, 6) is 1.42. The minimum absolute atomic E-state index is 0.157. The lowest BCUT2D eigenvalue weighted by molar-refractivity contribution is 0.266. The van der Waals surface area contributed by atoms with Crippen LogP contribution in [0.3, 0.4) is 0 Å². The predicted octanol–water partition coefficient (Wildman–Crippen LogP) is 2.10. The van der Waals surface area contributed by atoms with E-state index in [4.69, 9.17) is 10.3 Å². The Morgan fingerprint density at radius 1 is 1.40 bits per heavy atom. The van der Waals surface area contributed by atoms with Crippen LogP contribution in [0.2, 0.25) is 0 Å². The van der Waals surface area contributed by atoms with Gasteiger partial charge in [-0.2, -0.15) is 4.98 Å². The average molecular weight is 209 g/mol. The van der Waals surface area contributed by atoms with Crippen molar-refractivity contribution >= 4 is 0 Å². The summed E-state index contributed by atoms with van der Waals surface area (Å²) in [6.07, 6.45) is 3.95. The van der Waals surface area contributed by atoms with Gasteiger partial charge < -0.3 is 10.3 Å². The van der Waals surface area contributed by atoms with E-state index in [0.29, 0.717) is 5.89 Å². The summed E-state index contributed by atoms with van der Waals surface area (Å²) >= 11 is 0. The summed E-state index contributed by atoms with van der Waals surface area (Å²) in [7, 11) is 0. The number of aromatic nitrogens is 2. The maximum Gasteiger partial charge on any atom is 0.246 e. The molecule has 4 heteroatoms. The molecule has 4 nitrogen and oxygen atoms in total. The molecular weight excluding hydrogens is 190 g/mol. The molecule has 0 saturated heterocycles. The molecule has 0 atom stereocenters. The molecule has 1 aromatic rings. The molecule has 1 aliphatic carbocycles. The number of nitrogens with two attached hydrogens (primary N) is 1. The Hall–Kier alpha value is -0.900. The Morgan fingerprint density at radius 3 is 2.47 bits per heavy atom. The molecule has 2 rings (SSSR count). The van der Waals surface area contributed by atoms with Crippen LogP contribution in [0.15, 0.2) is 4.52 Å². The summed E-state index contributed by atoms with van der Waals surface area (Å²) in [5.41, 5.74) is 5.91. The molecule has 0 radical (unpaired) electrons. The van der Waals surface area contributed by atoms with Crippen LogP contribution in [0.25, 0.3) is 0 Å². The molecular formula is C11H19N3O. The smallest absolute Gasteiger partial charge is 0.246 e. The Balaban J connectivity index is 2.26. The van der Waals surface area contributed by atoms with Crippen LogP contribution in [-0.4, -0.2) is 10.1 Å². The highest BCUT2D eigenvalue weighted by Crippen LogP contribution is 2.46. The van der Waals surface area contributed by atoms with E-state index in [-0.39, 0.29) is 5.41 Å². The monoisotopic (exact) mass is 209 g/mol. The second-order valence-electron chi connectivity index (χ2n) is 4.85. The zero-order chi connectivity index (χ0) is 11.1. The van der Waals surface area contributed by atoms with Crippen LogP contribution in [0, 0.1) is 0 Å². The second-order valence-corrected chi connectivity index (χ2v) is 4.85. The quantitative estimate of drug-likeness (QED) is 0.824. The van der Waals surface area contributed by atoms with Crippen molar-refractivity contribution in [1.29, 1.82) is 0 Å². The molecule has 0 aliphatic heterocycles. The zero-order valence-electron chi connectivity index (χ0n) is 9.71. The van der Waals surface area contributed by atoms with Crippen molar-refractivity contribution in [3.05, 3.63) is 11.7 Å².